The van der Waals surface area contributed by atoms with Gasteiger partial charge in [0.15, 0.2) is 22.9 Å². The van der Waals surface area contributed by atoms with Crippen LogP contribution in [0.4, 0.5) is 0 Å². The Balaban J connectivity index is 1.42. The highest BCUT2D eigenvalue weighted by Crippen LogP contribution is 2.23. The highest BCUT2D eigenvalue weighted by Gasteiger charge is 2.31. The summed E-state index contributed by atoms with van der Waals surface area (Å²) in [5.74, 6) is -1.83. The number of nitrogens with one attached hydrogen (secondary N) is 2. The minimum atomic E-state index is -0.675. The summed E-state index contributed by atoms with van der Waals surface area (Å²) in [5.41, 5.74) is -0.197. The summed E-state index contributed by atoms with van der Waals surface area (Å²) < 4.78 is 2.77. The van der Waals surface area contributed by atoms with Crippen LogP contribution in [-0.4, -0.2) is 65.9 Å². The zero-order chi connectivity index (χ0) is 24.6. The van der Waals surface area contributed by atoms with Gasteiger partial charge in [-0.15, -0.1) is 0 Å². The molecule has 34 heavy (non-hydrogen) atoms. The molecule has 0 spiro atoms. The Labute approximate surface area is 192 Å². The van der Waals surface area contributed by atoms with Crippen molar-refractivity contribution in [1.29, 1.82) is 0 Å². The second kappa shape index (κ2) is 8.96. The number of carbonyl (C=O) groups excluding carboxylic acids is 3. The molecule has 3 N–H and O–H groups in total. The van der Waals surface area contributed by atoms with Crippen molar-refractivity contribution in [1.82, 2.24) is 29.4 Å². The first-order chi connectivity index (χ1) is 16.2. The van der Waals surface area contributed by atoms with Gasteiger partial charge in [-0.25, -0.2) is 14.3 Å². The molecule has 2 amide bonds. The van der Waals surface area contributed by atoms with Crippen LogP contribution in [0.5, 0.6) is 5.75 Å². The van der Waals surface area contributed by atoms with E-state index in [0.717, 1.165) is 0 Å². The van der Waals surface area contributed by atoms with Gasteiger partial charge in [-0.2, -0.15) is 5.10 Å². The molecule has 0 atom stereocenters. The Morgan fingerprint density at radius 2 is 1.97 bits per heavy atom. The normalized spacial score (nSPS) is 13.4. The van der Waals surface area contributed by atoms with Gasteiger partial charge in [0.25, 0.3) is 11.8 Å². The van der Waals surface area contributed by atoms with Gasteiger partial charge in [-0.3, -0.25) is 19.2 Å². The van der Waals surface area contributed by atoms with Crippen molar-refractivity contribution in [2.75, 3.05) is 13.1 Å². The number of ketones is 1. The number of rotatable bonds is 7. The molecule has 1 aliphatic heterocycles. The lowest BCUT2D eigenvalue weighted by molar-refractivity contribution is -0.118. The van der Waals surface area contributed by atoms with Crippen LogP contribution in [0.1, 0.15) is 46.8 Å². The van der Waals surface area contributed by atoms with E-state index in [2.05, 4.69) is 15.5 Å². The number of Topliss-reactive ketones (excluding diaryl/α,β-unsaturated/α-hetero) is 1. The summed E-state index contributed by atoms with van der Waals surface area (Å²) in [6, 6.07) is 4.14. The largest absolute Gasteiger partial charge is 0.503 e. The molecule has 0 unspecified atom stereocenters. The molecule has 12 nitrogen and oxygen atoms in total. The summed E-state index contributed by atoms with van der Waals surface area (Å²) in [4.78, 5) is 63.0. The van der Waals surface area contributed by atoms with E-state index in [4.69, 9.17) is 0 Å². The number of hydrogen-bond donors (Lipinski definition) is 3. The van der Waals surface area contributed by atoms with Gasteiger partial charge >= 0.3 is 5.69 Å². The molecule has 4 rings (SSSR count). The molecule has 12 heteroatoms. The van der Waals surface area contributed by atoms with E-state index in [0.29, 0.717) is 24.4 Å². The van der Waals surface area contributed by atoms with Crippen LogP contribution in [0, 0.1) is 0 Å². The number of hydrogen-bond acceptors (Lipinski definition) is 7. The monoisotopic (exact) mass is 468 g/mol. The summed E-state index contributed by atoms with van der Waals surface area (Å²) in [6.45, 7) is 4.28. The standard InChI is InChI=1S/C22H24N6O6/c1-12(2)26-7-8-27-14(9-16(30)19(31)18(27)21(26)33)4-5-15(29)10-23-20(32)13-3-6-17-24-25-22(34)28(17)11-13/h3,6,9,11-12,31H,4-5,7-8,10H2,1-2H3,(H,23,32)(H,25,34). The maximum atomic E-state index is 12.8. The van der Waals surface area contributed by atoms with Gasteiger partial charge < -0.3 is 19.9 Å². The molecular weight excluding hydrogens is 444 g/mol. The van der Waals surface area contributed by atoms with Crippen molar-refractivity contribution in [3.8, 4) is 5.75 Å². The highest BCUT2D eigenvalue weighted by molar-refractivity contribution is 5.97. The van der Waals surface area contributed by atoms with E-state index < -0.39 is 28.7 Å². The van der Waals surface area contributed by atoms with E-state index in [-0.39, 0.29) is 42.5 Å². The number of pyridine rings is 2. The molecule has 3 aromatic heterocycles. The number of aromatic hydroxyl groups is 1. The van der Waals surface area contributed by atoms with Crippen LogP contribution in [0.25, 0.3) is 5.65 Å². The third-order valence-electron chi connectivity index (χ3n) is 5.80. The first-order valence-corrected chi connectivity index (χ1v) is 10.8. The summed E-state index contributed by atoms with van der Waals surface area (Å²) in [6.07, 6.45) is 1.52. The Morgan fingerprint density at radius 1 is 1.21 bits per heavy atom. The van der Waals surface area contributed by atoms with E-state index in [9.17, 15) is 29.1 Å². The van der Waals surface area contributed by atoms with Gasteiger partial charge in [-0.1, -0.05) is 0 Å². The van der Waals surface area contributed by atoms with Crippen LogP contribution in [0.2, 0.25) is 0 Å². The highest BCUT2D eigenvalue weighted by atomic mass is 16.3. The van der Waals surface area contributed by atoms with Gasteiger partial charge in [0.1, 0.15) is 0 Å². The number of aryl methyl sites for hydroxylation is 1. The average Bonchev–Trinajstić information content (AvgIpc) is 3.18. The van der Waals surface area contributed by atoms with E-state index in [1.807, 2.05) is 13.8 Å². The van der Waals surface area contributed by atoms with Crippen LogP contribution < -0.4 is 16.4 Å². The Morgan fingerprint density at radius 3 is 2.71 bits per heavy atom. The predicted octanol–water partition coefficient (Wildman–Crippen LogP) is -0.314. The topological polar surface area (TPSA) is 159 Å². The van der Waals surface area contributed by atoms with Gasteiger partial charge in [0.05, 0.1) is 12.1 Å². The number of aromatic nitrogens is 4. The van der Waals surface area contributed by atoms with Gasteiger partial charge in [0.2, 0.25) is 5.43 Å². The SMILES string of the molecule is CC(C)N1CCn2c(CCC(=O)CNC(=O)c3ccc4n[nH]c(=O)n4c3)cc(=O)c(O)c2C1=O. The van der Waals surface area contributed by atoms with Crippen molar-refractivity contribution < 1.29 is 19.5 Å². The summed E-state index contributed by atoms with van der Waals surface area (Å²) in [5, 5.41) is 18.8. The quantitative estimate of drug-likeness (QED) is 0.429. The van der Waals surface area contributed by atoms with Crippen LogP contribution in [0.3, 0.4) is 0 Å². The molecule has 0 saturated carbocycles. The Bertz CT molecular complexity index is 1420. The van der Waals surface area contributed by atoms with E-state index in [1.54, 1.807) is 9.47 Å². The van der Waals surface area contributed by atoms with Crippen LogP contribution in [0.15, 0.2) is 34.0 Å². The molecule has 0 saturated heterocycles. The lowest BCUT2D eigenvalue weighted by atomic mass is 10.1. The second-order valence-corrected chi connectivity index (χ2v) is 8.34. The number of aromatic amines is 1. The fraction of sp³-hybridized carbons (Fsp3) is 0.364. The zero-order valence-electron chi connectivity index (χ0n) is 18.7. The lowest BCUT2D eigenvalue weighted by Gasteiger charge is -2.34. The second-order valence-electron chi connectivity index (χ2n) is 8.34. The Kier molecular flexibility index (Phi) is 6.05. The molecule has 0 bridgehead atoms. The van der Waals surface area contributed by atoms with E-state index in [1.165, 1.54) is 28.8 Å². The van der Waals surface area contributed by atoms with Crippen molar-refractivity contribution >= 4 is 23.2 Å². The predicted molar refractivity (Wildman–Crippen MR) is 120 cm³/mol. The van der Waals surface area contributed by atoms with Gasteiger partial charge in [0, 0.05) is 43.5 Å². The molecule has 0 radical (unpaired) electrons. The third kappa shape index (κ3) is 4.21. The summed E-state index contributed by atoms with van der Waals surface area (Å²) in [7, 11) is 0. The number of H-pyrrole nitrogens is 1. The number of nitrogens with zero attached hydrogens (tertiary/aromatic N) is 4. The Hall–Kier alpha value is -4.22. The maximum absolute atomic E-state index is 12.8. The first-order valence-electron chi connectivity index (χ1n) is 10.8. The summed E-state index contributed by atoms with van der Waals surface area (Å²) >= 11 is 0. The molecule has 1 aliphatic rings. The molecule has 0 aliphatic carbocycles. The average molecular weight is 468 g/mol. The minimum absolute atomic E-state index is 0.0201. The number of fused-ring (bicyclic) bond motifs is 2. The fourth-order valence-corrected chi connectivity index (χ4v) is 3.98. The molecule has 178 valence electrons. The number of carbonyl (C=O) groups is 3. The van der Waals surface area contributed by atoms with Crippen molar-refractivity contribution in [2.24, 2.45) is 0 Å². The van der Waals surface area contributed by atoms with Gasteiger partial charge in [-0.05, 0) is 32.4 Å². The molecule has 3 aromatic rings. The molecule has 4 heterocycles. The lowest BCUT2D eigenvalue weighted by Crippen LogP contribution is -2.46. The van der Waals surface area contributed by atoms with Crippen molar-refractivity contribution in [3.05, 3.63) is 62.1 Å². The van der Waals surface area contributed by atoms with E-state index >= 15 is 0 Å². The first kappa shape index (κ1) is 23.0. The minimum Gasteiger partial charge on any atom is -0.503 e. The molecular formula is C22H24N6O6. The molecule has 0 aromatic carbocycles. The zero-order valence-corrected chi connectivity index (χ0v) is 18.7. The number of amides is 2. The smallest absolute Gasteiger partial charge is 0.347 e. The maximum Gasteiger partial charge on any atom is 0.347 e. The van der Waals surface area contributed by atoms with Crippen LogP contribution >= 0.6 is 0 Å². The molecule has 0 fully saturated rings. The van der Waals surface area contributed by atoms with Crippen molar-refractivity contribution in [2.45, 2.75) is 39.3 Å². The van der Waals surface area contributed by atoms with Crippen LogP contribution in [-0.2, 0) is 17.8 Å². The van der Waals surface area contributed by atoms with Crippen molar-refractivity contribution in [3.63, 3.8) is 0 Å². The third-order valence-corrected chi connectivity index (χ3v) is 5.80. The fourth-order valence-electron chi connectivity index (χ4n) is 3.98.